The molecule has 1 N–H and O–H groups in total. The number of aromatic nitrogens is 2. The van der Waals surface area contributed by atoms with Crippen molar-refractivity contribution in [3.8, 4) is 5.75 Å². The molecular formula is C22H26ClN3OS2. The number of benzene rings is 1. The van der Waals surface area contributed by atoms with Crippen molar-refractivity contribution in [2.24, 2.45) is 0 Å². The van der Waals surface area contributed by atoms with E-state index in [0.717, 1.165) is 28.0 Å². The molecule has 7 heteroatoms. The first-order valence-corrected chi connectivity index (χ1v) is 11.5. The maximum Gasteiger partial charge on any atom is 0.188 e. The van der Waals surface area contributed by atoms with E-state index in [0.29, 0.717) is 11.9 Å². The molecule has 0 saturated heterocycles. The fraction of sp³-hybridized carbons (Fsp3) is 0.364. The van der Waals surface area contributed by atoms with E-state index < -0.39 is 0 Å². The molecule has 1 aromatic carbocycles. The van der Waals surface area contributed by atoms with Gasteiger partial charge < -0.3 is 10.1 Å². The molecule has 1 aliphatic carbocycles. The van der Waals surface area contributed by atoms with Crippen LogP contribution in [0.5, 0.6) is 5.75 Å². The molecule has 2 aromatic heterocycles. The number of ether oxygens (including phenoxy) is 1. The van der Waals surface area contributed by atoms with Crippen LogP contribution in [-0.2, 0) is 6.61 Å². The Morgan fingerprint density at radius 1 is 1.17 bits per heavy atom. The zero-order valence-corrected chi connectivity index (χ0v) is 18.9. The molecule has 0 spiro atoms. The van der Waals surface area contributed by atoms with Gasteiger partial charge in [0.15, 0.2) is 16.7 Å². The fourth-order valence-electron chi connectivity index (χ4n) is 3.32. The van der Waals surface area contributed by atoms with Crippen LogP contribution in [0.2, 0.25) is 0 Å². The van der Waals surface area contributed by atoms with Gasteiger partial charge in [-0.2, -0.15) is 0 Å². The number of hydrogen-bond acceptors (Lipinski definition) is 6. The summed E-state index contributed by atoms with van der Waals surface area (Å²) in [7, 11) is 0. The summed E-state index contributed by atoms with van der Waals surface area (Å²) >= 11 is 3.51. The van der Waals surface area contributed by atoms with Crippen molar-refractivity contribution in [1.82, 2.24) is 9.97 Å². The highest BCUT2D eigenvalue weighted by molar-refractivity contribution is 8.00. The van der Waals surface area contributed by atoms with Crippen molar-refractivity contribution in [2.45, 2.75) is 55.8 Å². The summed E-state index contributed by atoms with van der Waals surface area (Å²) in [5, 5.41) is 6.88. The molecule has 3 aromatic rings. The van der Waals surface area contributed by atoms with E-state index in [4.69, 9.17) is 4.74 Å². The van der Waals surface area contributed by atoms with E-state index in [2.05, 4.69) is 33.5 Å². The van der Waals surface area contributed by atoms with E-state index >= 15 is 0 Å². The summed E-state index contributed by atoms with van der Waals surface area (Å²) in [4.78, 5) is 10.3. The van der Waals surface area contributed by atoms with Crippen LogP contribution in [0.25, 0.3) is 0 Å². The summed E-state index contributed by atoms with van der Waals surface area (Å²) in [5.41, 5.74) is 2.15. The van der Waals surface area contributed by atoms with Gasteiger partial charge in [-0.15, -0.1) is 35.5 Å². The number of thiazole rings is 1. The van der Waals surface area contributed by atoms with Gasteiger partial charge in [-0.1, -0.05) is 49.6 Å². The molecule has 0 amide bonds. The number of rotatable bonds is 7. The zero-order chi connectivity index (χ0) is 19.2. The Hall–Kier alpha value is -1.76. The SMILES string of the molecule is Cc1csc(Nc2ncc(SC3CCCCC3)cc2OCc2ccccc2)n1.Cl. The topological polar surface area (TPSA) is 47.0 Å². The summed E-state index contributed by atoms with van der Waals surface area (Å²) < 4.78 is 6.17. The Morgan fingerprint density at radius 3 is 2.69 bits per heavy atom. The zero-order valence-electron chi connectivity index (χ0n) is 16.5. The van der Waals surface area contributed by atoms with Gasteiger partial charge in [0.05, 0.1) is 5.69 Å². The predicted octanol–water partition coefficient (Wildman–Crippen LogP) is 7.02. The molecule has 154 valence electrons. The lowest BCUT2D eigenvalue weighted by Gasteiger charge is -2.21. The number of pyridine rings is 1. The number of nitrogens with one attached hydrogen (secondary N) is 1. The summed E-state index contributed by atoms with van der Waals surface area (Å²) in [6, 6.07) is 12.4. The van der Waals surface area contributed by atoms with Crippen molar-refractivity contribution in [2.75, 3.05) is 5.32 Å². The number of halogens is 1. The Kier molecular flexibility index (Phi) is 8.21. The second kappa shape index (κ2) is 10.9. The number of aryl methyl sites for hydroxylation is 1. The van der Waals surface area contributed by atoms with Gasteiger partial charge in [0.25, 0.3) is 0 Å². The minimum absolute atomic E-state index is 0. The Bertz CT molecular complexity index is 898. The number of hydrogen-bond donors (Lipinski definition) is 1. The lowest BCUT2D eigenvalue weighted by molar-refractivity contribution is 0.306. The molecule has 4 rings (SSSR count). The second-order valence-corrected chi connectivity index (χ2v) is 9.32. The van der Waals surface area contributed by atoms with Gasteiger partial charge in [0.2, 0.25) is 0 Å². The number of thioether (sulfide) groups is 1. The van der Waals surface area contributed by atoms with Crippen LogP contribution in [0.4, 0.5) is 10.9 Å². The highest BCUT2D eigenvalue weighted by Crippen LogP contribution is 2.37. The van der Waals surface area contributed by atoms with Gasteiger partial charge in [-0.3, -0.25) is 0 Å². The monoisotopic (exact) mass is 447 g/mol. The molecule has 29 heavy (non-hydrogen) atoms. The van der Waals surface area contributed by atoms with Gasteiger partial charge in [0.1, 0.15) is 6.61 Å². The third kappa shape index (κ3) is 6.36. The smallest absolute Gasteiger partial charge is 0.188 e. The van der Waals surface area contributed by atoms with Crippen molar-refractivity contribution < 1.29 is 4.74 Å². The quantitative estimate of drug-likeness (QED) is 0.421. The minimum atomic E-state index is 0. The predicted molar refractivity (Wildman–Crippen MR) is 125 cm³/mol. The molecule has 0 bridgehead atoms. The highest BCUT2D eigenvalue weighted by Gasteiger charge is 2.17. The van der Waals surface area contributed by atoms with Crippen LogP contribution in [0.1, 0.15) is 43.4 Å². The van der Waals surface area contributed by atoms with E-state index in [1.54, 1.807) is 11.3 Å². The Morgan fingerprint density at radius 2 is 1.97 bits per heavy atom. The van der Waals surface area contributed by atoms with Crippen LogP contribution in [0.15, 0.2) is 52.9 Å². The normalized spacial score (nSPS) is 14.2. The van der Waals surface area contributed by atoms with Crippen LogP contribution in [0.3, 0.4) is 0 Å². The van der Waals surface area contributed by atoms with Crippen LogP contribution >= 0.6 is 35.5 Å². The van der Waals surface area contributed by atoms with Crippen LogP contribution in [0, 0.1) is 6.92 Å². The third-order valence-corrected chi connectivity index (χ3v) is 6.94. The minimum Gasteiger partial charge on any atom is -0.485 e. The summed E-state index contributed by atoms with van der Waals surface area (Å²) in [5.74, 6) is 1.50. The molecule has 0 radical (unpaired) electrons. The second-order valence-electron chi connectivity index (χ2n) is 7.09. The first kappa shape index (κ1) is 21.9. The highest BCUT2D eigenvalue weighted by atomic mass is 35.5. The van der Waals surface area contributed by atoms with Crippen molar-refractivity contribution >= 4 is 46.5 Å². The largest absolute Gasteiger partial charge is 0.485 e. The van der Waals surface area contributed by atoms with Gasteiger partial charge in [-0.05, 0) is 31.4 Å². The number of anilines is 2. The first-order chi connectivity index (χ1) is 13.8. The van der Waals surface area contributed by atoms with E-state index in [-0.39, 0.29) is 12.4 Å². The van der Waals surface area contributed by atoms with E-state index in [1.807, 2.05) is 48.5 Å². The Labute approximate surface area is 186 Å². The van der Waals surface area contributed by atoms with Crippen LogP contribution < -0.4 is 10.1 Å². The van der Waals surface area contributed by atoms with Crippen molar-refractivity contribution in [3.63, 3.8) is 0 Å². The van der Waals surface area contributed by atoms with Gasteiger partial charge in [0, 0.05) is 21.7 Å². The molecule has 0 atom stereocenters. The molecule has 1 aliphatic rings. The third-order valence-electron chi connectivity index (χ3n) is 4.76. The molecular weight excluding hydrogens is 422 g/mol. The average molecular weight is 448 g/mol. The van der Waals surface area contributed by atoms with Gasteiger partial charge in [-0.25, -0.2) is 9.97 Å². The maximum atomic E-state index is 6.17. The standard InChI is InChI=1S/C22H25N3OS2.ClH/c1-16-15-27-22(24-16)25-21-20(26-14-17-8-4-2-5-9-17)12-19(13-23-21)28-18-10-6-3-7-11-18;/h2,4-5,8-9,12-13,15,18H,3,6-7,10-11,14H2,1H3,(H,23,24,25);1H. The lowest BCUT2D eigenvalue weighted by Crippen LogP contribution is -2.08. The van der Waals surface area contributed by atoms with E-state index in [1.165, 1.54) is 37.0 Å². The molecule has 2 heterocycles. The number of nitrogens with zero attached hydrogens (tertiary/aromatic N) is 2. The molecule has 1 saturated carbocycles. The first-order valence-electron chi connectivity index (χ1n) is 9.79. The van der Waals surface area contributed by atoms with Gasteiger partial charge >= 0.3 is 0 Å². The fourth-order valence-corrected chi connectivity index (χ4v) is 5.25. The molecule has 0 unspecified atom stereocenters. The average Bonchev–Trinajstić information content (AvgIpc) is 3.14. The lowest BCUT2D eigenvalue weighted by atomic mass is 10.0. The molecule has 0 aliphatic heterocycles. The van der Waals surface area contributed by atoms with Crippen molar-refractivity contribution in [1.29, 1.82) is 0 Å². The van der Waals surface area contributed by atoms with Crippen LogP contribution in [-0.4, -0.2) is 15.2 Å². The van der Waals surface area contributed by atoms with E-state index in [9.17, 15) is 0 Å². The molecule has 4 nitrogen and oxygen atoms in total. The summed E-state index contributed by atoms with van der Waals surface area (Å²) in [6.45, 7) is 2.51. The summed E-state index contributed by atoms with van der Waals surface area (Å²) in [6.07, 6.45) is 8.60. The maximum absolute atomic E-state index is 6.17. The molecule has 1 fully saturated rings. The Balaban J connectivity index is 0.00000240. The van der Waals surface area contributed by atoms with Crippen molar-refractivity contribution in [3.05, 3.63) is 59.2 Å².